The van der Waals surface area contributed by atoms with Crippen LogP contribution in [-0.4, -0.2) is 24.0 Å². The van der Waals surface area contributed by atoms with E-state index in [4.69, 9.17) is 4.74 Å². The normalized spacial score (nSPS) is 10.8. The third-order valence-corrected chi connectivity index (χ3v) is 3.85. The molecule has 0 saturated heterocycles. The zero-order valence-corrected chi connectivity index (χ0v) is 13.9. The molecule has 0 atom stereocenters. The van der Waals surface area contributed by atoms with Gasteiger partial charge < -0.3 is 14.6 Å². The molecule has 1 heterocycles. The molecule has 0 radical (unpaired) electrons. The molecule has 4 heteroatoms. The number of benzene rings is 1. The van der Waals surface area contributed by atoms with Crippen molar-refractivity contribution < 1.29 is 9.53 Å². The van der Waals surface area contributed by atoms with Gasteiger partial charge in [0.15, 0.2) is 5.78 Å². The molecule has 0 aliphatic carbocycles. The Morgan fingerprint density at radius 2 is 1.95 bits per heavy atom. The first-order chi connectivity index (χ1) is 10.5. The van der Waals surface area contributed by atoms with Crippen molar-refractivity contribution in [3.63, 3.8) is 0 Å². The molecule has 1 aromatic carbocycles. The van der Waals surface area contributed by atoms with Crippen molar-refractivity contribution in [1.29, 1.82) is 0 Å². The van der Waals surface area contributed by atoms with E-state index in [1.807, 2.05) is 44.2 Å². The number of rotatable bonds is 6. The number of methoxy groups -OCH3 is 1. The van der Waals surface area contributed by atoms with Crippen LogP contribution in [0.1, 0.15) is 41.6 Å². The Labute approximate surface area is 132 Å². The summed E-state index contributed by atoms with van der Waals surface area (Å²) in [5.41, 5.74) is 3.76. The van der Waals surface area contributed by atoms with Crippen LogP contribution < -0.4 is 10.1 Å². The standard InChI is InChI=1S/C18H24N2O2/c1-12(2)20-13(3)10-15(14(20)4)17(21)11-19-16-8-6-7-9-18(16)22-5/h6-10,12,19H,11H2,1-5H3. The molecule has 0 saturated carbocycles. The highest BCUT2D eigenvalue weighted by Gasteiger charge is 2.17. The van der Waals surface area contributed by atoms with E-state index in [0.29, 0.717) is 6.04 Å². The van der Waals surface area contributed by atoms with Crippen LogP contribution in [0.15, 0.2) is 30.3 Å². The van der Waals surface area contributed by atoms with Crippen LogP contribution in [0.2, 0.25) is 0 Å². The van der Waals surface area contributed by atoms with Crippen LogP contribution in [0.4, 0.5) is 5.69 Å². The van der Waals surface area contributed by atoms with Crippen molar-refractivity contribution in [3.05, 3.63) is 47.3 Å². The van der Waals surface area contributed by atoms with Gasteiger partial charge in [-0.3, -0.25) is 4.79 Å². The van der Waals surface area contributed by atoms with Crippen molar-refractivity contribution in [1.82, 2.24) is 4.57 Å². The molecular formula is C18H24N2O2. The van der Waals surface area contributed by atoms with Crippen LogP contribution in [0.5, 0.6) is 5.75 Å². The Balaban J connectivity index is 2.15. The maximum Gasteiger partial charge on any atom is 0.183 e. The summed E-state index contributed by atoms with van der Waals surface area (Å²) < 4.78 is 7.47. The van der Waals surface area contributed by atoms with E-state index in [-0.39, 0.29) is 12.3 Å². The molecule has 0 spiro atoms. The van der Waals surface area contributed by atoms with Gasteiger partial charge in [-0.2, -0.15) is 0 Å². The lowest BCUT2D eigenvalue weighted by Crippen LogP contribution is -2.15. The second kappa shape index (κ2) is 6.69. The Morgan fingerprint density at radius 1 is 1.27 bits per heavy atom. The van der Waals surface area contributed by atoms with E-state index in [9.17, 15) is 4.79 Å². The molecule has 0 amide bonds. The number of para-hydroxylation sites is 2. The monoisotopic (exact) mass is 300 g/mol. The largest absolute Gasteiger partial charge is 0.495 e. The highest BCUT2D eigenvalue weighted by molar-refractivity contribution is 6.00. The summed E-state index contributed by atoms with van der Waals surface area (Å²) in [5, 5.41) is 3.16. The molecule has 4 nitrogen and oxygen atoms in total. The minimum absolute atomic E-state index is 0.0888. The number of ketones is 1. The van der Waals surface area contributed by atoms with Crippen LogP contribution >= 0.6 is 0 Å². The van der Waals surface area contributed by atoms with E-state index in [1.54, 1.807) is 7.11 Å². The molecule has 0 bridgehead atoms. The Kier molecular flexibility index (Phi) is 4.91. The minimum atomic E-state index is 0.0888. The first-order valence-corrected chi connectivity index (χ1v) is 7.54. The zero-order valence-electron chi connectivity index (χ0n) is 13.9. The fraction of sp³-hybridized carbons (Fsp3) is 0.389. The number of nitrogens with zero attached hydrogens (tertiary/aromatic N) is 1. The van der Waals surface area contributed by atoms with Gasteiger partial charge in [0.2, 0.25) is 0 Å². The molecule has 22 heavy (non-hydrogen) atoms. The van der Waals surface area contributed by atoms with Crippen molar-refractivity contribution in [3.8, 4) is 5.75 Å². The molecule has 2 aromatic rings. The van der Waals surface area contributed by atoms with E-state index in [0.717, 1.165) is 28.4 Å². The minimum Gasteiger partial charge on any atom is -0.495 e. The van der Waals surface area contributed by atoms with Gasteiger partial charge in [-0.15, -0.1) is 0 Å². The van der Waals surface area contributed by atoms with Gasteiger partial charge in [0.05, 0.1) is 19.3 Å². The van der Waals surface area contributed by atoms with Crippen LogP contribution in [0.25, 0.3) is 0 Å². The molecular weight excluding hydrogens is 276 g/mol. The summed E-state index contributed by atoms with van der Waals surface area (Å²) in [6, 6.07) is 9.92. The molecule has 0 fully saturated rings. The average molecular weight is 300 g/mol. The topological polar surface area (TPSA) is 43.3 Å². The third-order valence-electron chi connectivity index (χ3n) is 3.85. The predicted molar refractivity (Wildman–Crippen MR) is 90.1 cm³/mol. The van der Waals surface area contributed by atoms with Crippen molar-refractivity contribution in [2.24, 2.45) is 0 Å². The molecule has 0 unspecified atom stereocenters. The summed E-state index contributed by atoms with van der Waals surface area (Å²) in [6.45, 7) is 8.55. The summed E-state index contributed by atoms with van der Waals surface area (Å²) >= 11 is 0. The molecule has 0 aliphatic heterocycles. The lowest BCUT2D eigenvalue weighted by Gasteiger charge is -2.14. The van der Waals surface area contributed by atoms with E-state index in [1.165, 1.54) is 0 Å². The smallest absolute Gasteiger partial charge is 0.183 e. The zero-order chi connectivity index (χ0) is 16.3. The Morgan fingerprint density at radius 3 is 2.55 bits per heavy atom. The third kappa shape index (κ3) is 3.16. The number of hydrogen-bond acceptors (Lipinski definition) is 3. The van der Waals surface area contributed by atoms with Gasteiger partial charge in [0, 0.05) is 23.0 Å². The first kappa shape index (κ1) is 16.1. The number of Topliss-reactive ketones (excluding diaryl/α,β-unsaturated/α-hetero) is 1. The lowest BCUT2D eigenvalue weighted by atomic mass is 10.1. The number of aromatic nitrogens is 1. The number of anilines is 1. The van der Waals surface area contributed by atoms with Gasteiger partial charge in [0.25, 0.3) is 0 Å². The lowest BCUT2D eigenvalue weighted by molar-refractivity contribution is 0.101. The van der Waals surface area contributed by atoms with Gasteiger partial charge in [-0.05, 0) is 45.9 Å². The number of ether oxygens (including phenoxy) is 1. The van der Waals surface area contributed by atoms with Gasteiger partial charge in [0.1, 0.15) is 5.75 Å². The maximum atomic E-state index is 12.5. The number of hydrogen-bond donors (Lipinski definition) is 1. The summed E-state index contributed by atoms with van der Waals surface area (Å²) in [5.74, 6) is 0.828. The second-order valence-corrected chi connectivity index (χ2v) is 5.73. The average Bonchev–Trinajstić information content (AvgIpc) is 2.80. The van der Waals surface area contributed by atoms with E-state index in [2.05, 4.69) is 23.7 Å². The van der Waals surface area contributed by atoms with E-state index >= 15 is 0 Å². The second-order valence-electron chi connectivity index (χ2n) is 5.73. The fourth-order valence-corrected chi connectivity index (χ4v) is 2.92. The number of aryl methyl sites for hydroxylation is 1. The summed E-state index contributed by atoms with van der Waals surface area (Å²) in [4.78, 5) is 12.5. The van der Waals surface area contributed by atoms with Crippen molar-refractivity contribution >= 4 is 11.5 Å². The molecule has 0 aliphatic rings. The van der Waals surface area contributed by atoms with Crippen molar-refractivity contribution in [2.75, 3.05) is 19.0 Å². The SMILES string of the molecule is COc1ccccc1NCC(=O)c1cc(C)n(C(C)C)c1C. The predicted octanol–water partition coefficient (Wildman–Crippen LogP) is 3.99. The molecule has 1 aromatic heterocycles. The van der Waals surface area contributed by atoms with Crippen molar-refractivity contribution in [2.45, 2.75) is 33.7 Å². The van der Waals surface area contributed by atoms with Crippen LogP contribution in [0.3, 0.4) is 0 Å². The van der Waals surface area contributed by atoms with Crippen LogP contribution in [-0.2, 0) is 0 Å². The number of nitrogens with one attached hydrogen (secondary N) is 1. The Hall–Kier alpha value is -2.23. The molecule has 118 valence electrons. The Bertz CT molecular complexity index is 672. The molecule has 2 rings (SSSR count). The maximum absolute atomic E-state index is 12.5. The highest BCUT2D eigenvalue weighted by atomic mass is 16.5. The fourth-order valence-electron chi connectivity index (χ4n) is 2.92. The quantitative estimate of drug-likeness (QED) is 0.820. The molecule has 1 N–H and O–H groups in total. The highest BCUT2D eigenvalue weighted by Crippen LogP contribution is 2.24. The van der Waals surface area contributed by atoms with Gasteiger partial charge in [-0.1, -0.05) is 12.1 Å². The summed E-state index contributed by atoms with van der Waals surface area (Å²) in [6.07, 6.45) is 0. The summed E-state index contributed by atoms with van der Waals surface area (Å²) in [7, 11) is 1.62. The van der Waals surface area contributed by atoms with Crippen LogP contribution in [0, 0.1) is 13.8 Å². The first-order valence-electron chi connectivity index (χ1n) is 7.54. The number of carbonyl (C=O) groups excluding carboxylic acids is 1. The number of carbonyl (C=O) groups is 1. The van der Waals surface area contributed by atoms with Gasteiger partial charge >= 0.3 is 0 Å². The van der Waals surface area contributed by atoms with E-state index < -0.39 is 0 Å². The van der Waals surface area contributed by atoms with Gasteiger partial charge in [-0.25, -0.2) is 0 Å².